The molecule has 0 radical (unpaired) electrons. The van der Waals surface area contributed by atoms with Gasteiger partial charge in [-0.05, 0) is 12.5 Å². The van der Waals surface area contributed by atoms with E-state index in [4.69, 9.17) is 0 Å². The molecule has 0 atom stereocenters. The van der Waals surface area contributed by atoms with E-state index in [1.165, 1.54) is 0 Å². The van der Waals surface area contributed by atoms with Crippen LogP contribution in [0.25, 0.3) is 11.2 Å². The SMILES string of the molecule is CC.Cc1cnnc2nc[nH]c12. The van der Waals surface area contributed by atoms with Gasteiger partial charge in [-0.3, -0.25) is 0 Å². The molecule has 0 aliphatic heterocycles. The number of hydrogen-bond donors (Lipinski definition) is 1. The molecule has 0 aliphatic rings. The maximum atomic E-state index is 3.95. The van der Waals surface area contributed by atoms with Crippen LogP contribution < -0.4 is 0 Å². The second-order valence-corrected chi connectivity index (χ2v) is 2.13. The van der Waals surface area contributed by atoms with Gasteiger partial charge in [-0.15, -0.1) is 5.10 Å². The average Bonchev–Trinajstić information content (AvgIpc) is 2.57. The predicted molar refractivity (Wildman–Crippen MR) is 47.8 cm³/mol. The lowest BCUT2D eigenvalue weighted by atomic mass is 10.3. The van der Waals surface area contributed by atoms with Crippen molar-refractivity contribution in [1.29, 1.82) is 0 Å². The summed E-state index contributed by atoms with van der Waals surface area (Å²) in [6.45, 7) is 5.97. The molecule has 1 N–H and O–H groups in total. The van der Waals surface area contributed by atoms with Crippen LogP contribution in [0.4, 0.5) is 0 Å². The second kappa shape index (κ2) is 3.80. The smallest absolute Gasteiger partial charge is 0.199 e. The molecule has 0 saturated carbocycles. The van der Waals surface area contributed by atoms with Gasteiger partial charge >= 0.3 is 0 Å². The largest absolute Gasteiger partial charge is 0.343 e. The van der Waals surface area contributed by atoms with Gasteiger partial charge in [0.15, 0.2) is 5.65 Å². The number of aromatic nitrogens is 4. The van der Waals surface area contributed by atoms with Crippen LogP contribution in [-0.2, 0) is 0 Å². The molecule has 0 aromatic carbocycles. The number of rotatable bonds is 0. The number of H-pyrrole nitrogens is 1. The van der Waals surface area contributed by atoms with Crippen LogP contribution in [0.3, 0.4) is 0 Å². The van der Waals surface area contributed by atoms with Gasteiger partial charge < -0.3 is 4.98 Å². The summed E-state index contributed by atoms with van der Waals surface area (Å²) >= 11 is 0. The monoisotopic (exact) mass is 164 g/mol. The van der Waals surface area contributed by atoms with Crippen molar-refractivity contribution in [1.82, 2.24) is 20.2 Å². The van der Waals surface area contributed by atoms with Crippen molar-refractivity contribution in [3.05, 3.63) is 18.1 Å². The summed E-state index contributed by atoms with van der Waals surface area (Å²) in [5, 5.41) is 7.56. The lowest BCUT2D eigenvalue weighted by molar-refractivity contribution is 1.05. The number of aryl methyl sites for hydroxylation is 1. The molecular formula is C8H12N4. The van der Waals surface area contributed by atoms with Crippen molar-refractivity contribution in [3.63, 3.8) is 0 Å². The Morgan fingerprint density at radius 2 is 2.08 bits per heavy atom. The molecule has 2 aromatic heterocycles. The Labute approximate surface area is 71.1 Å². The zero-order chi connectivity index (χ0) is 8.97. The fraction of sp³-hybridized carbons (Fsp3) is 0.375. The highest BCUT2D eigenvalue weighted by molar-refractivity contribution is 5.72. The summed E-state index contributed by atoms with van der Waals surface area (Å²) < 4.78 is 0. The van der Waals surface area contributed by atoms with Gasteiger partial charge in [-0.25, -0.2) is 4.98 Å². The van der Waals surface area contributed by atoms with Crippen LogP contribution in [0.2, 0.25) is 0 Å². The van der Waals surface area contributed by atoms with E-state index in [1.807, 2.05) is 20.8 Å². The van der Waals surface area contributed by atoms with E-state index < -0.39 is 0 Å². The third-order valence-electron chi connectivity index (χ3n) is 1.42. The molecule has 0 bridgehead atoms. The van der Waals surface area contributed by atoms with Crippen molar-refractivity contribution >= 4 is 11.2 Å². The highest BCUT2D eigenvalue weighted by Gasteiger charge is 1.98. The number of nitrogens with one attached hydrogen (secondary N) is 1. The number of aromatic amines is 1. The standard InChI is InChI=1S/C6H6N4.C2H6/c1-4-2-9-10-6-5(4)7-3-8-6;1-2/h2-3H,1H3,(H,7,8,10);1-2H3. The molecule has 4 nitrogen and oxygen atoms in total. The first kappa shape index (κ1) is 8.64. The molecule has 64 valence electrons. The minimum Gasteiger partial charge on any atom is -0.343 e. The highest BCUT2D eigenvalue weighted by atomic mass is 15.1. The summed E-state index contributed by atoms with van der Waals surface area (Å²) in [7, 11) is 0. The normalized spacial score (nSPS) is 9.25. The van der Waals surface area contributed by atoms with E-state index >= 15 is 0 Å². The van der Waals surface area contributed by atoms with Gasteiger partial charge in [0.1, 0.15) is 0 Å². The van der Waals surface area contributed by atoms with Gasteiger partial charge in [0, 0.05) is 0 Å². The van der Waals surface area contributed by atoms with E-state index in [2.05, 4.69) is 20.2 Å². The Bertz CT molecular complexity index is 353. The molecule has 2 heterocycles. The van der Waals surface area contributed by atoms with E-state index in [-0.39, 0.29) is 0 Å². The van der Waals surface area contributed by atoms with Crippen molar-refractivity contribution in [2.75, 3.05) is 0 Å². The summed E-state index contributed by atoms with van der Waals surface area (Å²) in [6.07, 6.45) is 3.33. The maximum absolute atomic E-state index is 3.95. The minimum absolute atomic E-state index is 0.681. The third-order valence-corrected chi connectivity index (χ3v) is 1.42. The Morgan fingerprint density at radius 3 is 2.75 bits per heavy atom. The molecule has 0 unspecified atom stereocenters. The molecule has 0 spiro atoms. The molecular weight excluding hydrogens is 152 g/mol. The quantitative estimate of drug-likeness (QED) is 0.644. The first-order valence-corrected chi connectivity index (χ1v) is 3.99. The third kappa shape index (κ3) is 1.42. The van der Waals surface area contributed by atoms with Crippen molar-refractivity contribution in [3.8, 4) is 0 Å². The molecule has 0 amide bonds. The van der Waals surface area contributed by atoms with E-state index in [0.29, 0.717) is 5.65 Å². The zero-order valence-corrected chi connectivity index (χ0v) is 7.50. The van der Waals surface area contributed by atoms with Gasteiger partial charge in [-0.1, -0.05) is 13.8 Å². The maximum Gasteiger partial charge on any atom is 0.199 e. The predicted octanol–water partition coefficient (Wildman–Crippen LogP) is 1.69. The summed E-state index contributed by atoms with van der Waals surface area (Å²) in [6, 6.07) is 0. The lowest BCUT2D eigenvalue weighted by Gasteiger charge is -1.88. The Kier molecular flexibility index (Phi) is 2.74. The van der Waals surface area contributed by atoms with Crippen LogP contribution in [-0.4, -0.2) is 20.2 Å². The van der Waals surface area contributed by atoms with Crippen LogP contribution in [0.15, 0.2) is 12.5 Å². The Balaban J connectivity index is 0.000000336. The van der Waals surface area contributed by atoms with Gasteiger partial charge in [0.2, 0.25) is 0 Å². The van der Waals surface area contributed by atoms with Crippen LogP contribution in [0, 0.1) is 6.92 Å². The molecule has 2 rings (SSSR count). The van der Waals surface area contributed by atoms with Gasteiger partial charge in [0.05, 0.1) is 18.0 Å². The summed E-state index contributed by atoms with van der Waals surface area (Å²) in [5.41, 5.74) is 2.72. The van der Waals surface area contributed by atoms with Crippen molar-refractivity contribution < 1.29 is 0 Å². The molecule has 12 heavy (non-hydrogen) atoms. The lowest BCUT2D eigenvalue weighted by Crippen LogP contribution is -1.84. The second-order valence-electron chi connectivity index (χ2n) is 2.13. The van der Waals surface area contributed by atoms with E-state index in [9.17, 15) is 0 Å². The highest BCUT2D eigenvalue weighted by Crippen LogP contribution is 2.07. The number of fused-ring (bicyclic) bond motifs is 1. The van der Waals surface area contributed by atoms with Crippen LogP contribution >= 0.6 is 0 Å². The van der Waals surface area contributed by atoms with Crippen molar-refractivity contribution in [2.24, 2.45) is 0 Å². The number of imidazole rings is 1. The number of hydrogen-bond acceptors (Lipinski definition) is 3. The summed E-state index contributed by atoms with van der Waals surface area (Å²) in [4.78, 5) is 6.92. The number of nitrogens with zero attached hydrogens (tertiary/aromatic N) is 3. The molecule has 4 heteroatoms. The fourth-order valence-electron chi connectivity index (χ4n) is 0.888. The van der Waals surface area contributed by atoms with E-state index in [0.717, 1.165) is 11.1 Å². The minimum atomic E-state index is 0.681. The van der Waals surface area contributed by atoms with Crippen LogP contribution in [0.5, 0.6) is 0 Å². The molecule has 2 aromatic rings. The molecule has 0 aliphatic carbocycles. The summed E-state index contributed by atoms with van der Waals surface area (Å²) in [5.74, 6) is 0. The van der Waals surface area contributed by atoms with E-state index in [1.54, 1.807) is 12.5 Å². The first-order chi connectivity index (χ1) is 5.88. The Morgan fingerprint density at radius 1 is 1.33 bits per heavy atom. The molecule has 0 fully saturated rings. The zero-order valence-electron chi connectivity index (χ0n) is 7.50. The topological polar surface area (TPSA) is 54.5 Å². The van der Waals surface area contributed by atoms with Crippen molar-refractivity contribution in [2.45, 2.75) is 20.8 Å². The first-order valence-electron chi connectivity index (χ1n) is 3.99. The van der Waals surface area contributed by atoms with Gasteiger partial charge in [-0.2, -0.15) is 5.10 Å². The van der Waals surface area contributed by atoms with Gasteiger partial charge in [0.25, 0.3) is 0 Å². The molecule has 0 saturated heterocycles. The fourth-order valence-corrected chi connectivity index (χ4v) is 0.888. The average molecular weight is 164 g/mol. The Hall–Kier alpha value is -1.45. The van der Waals surface area contributed by atoms with Crippen LogP contribution in [0.1, 0.15) is 19.4 Å².